The van der Waals surface area contributed by atoms with Crippen LogP contribution in [0.4, 0.5) is 4.79 Å². The summed E-state index contributed by atoms with van der Waals surface area (Å²) in [6.45, 7) is 6.88. The lowest BCUT2D eigenvalue weighted by Crippen LogP contribution is -2.40. The molecule has 1 aromatic carbocycles. The topological polar surface area (TPSA) is 67.4 Å². The van der Waals surface area contributed by atoms with Crippen LogP contribution in [0.3, 0.4) is 0 Å². The van der Waals surface area contributed by atoms with E-state index in [1.54, 1.807) is 0 Å². The summed E-state index contributed by atoms with van der Waals surface area (Å²) in [4.78, 5) is 12.1. The molecule has 0 fully saturated rings. The molecule has 1 aromatic rings. The Kier molecular flexibility index (Phi) is 6.04. The third-order valence-corrected chi connectivity index (χ3v) is 5.69. The highest BCUT2D eigenvalue weighted by atomic mass is 32.2. The van der Waals surface area contributed by atoms with E-state index in [1.165, 1.54) is 0 Å². The molecule has 1 heterocycles. The highest BCUT2D eigenvalue weighted by Gasteiger charge is 2.22. The predicted octanol–water partition coefficient (Wildman–Crippen LogP) is 2.75. The van der Waals surface area contributed by atoms with Crippen LogP contribution >= 0.6 is 0 Å². The number of rotatable bonds is 4. The molecule has 2 amide bonds. The van der Waals surface area contributed by atoms with Crippen molar-refractivity contribution in [2.75, 3.05) is 18.9 Å². The first-order valence-corrected chi connectivity index (χ1v) is 9.34. The highest BCUT2D eigenvalue weighted by Crippen LogP contribution is 2.30. The van der Waals surface area contributed by atoms with E-state index in [0.717, 1.165) is 24.2 Å². The van der Waals surface area contributed by atoms with Gasteiger partial charge in [0.2, 0.25) is 0 Å². The van der Waals surface area contributed by atoms with Gasteiger partial charge in [0.25, 0.3) is 0 Å². The number of hydrogen-bond donors (Lipinski definition) is 2. The normalized spacial score (nSPS) is 19.0. The maximum Gasteiger partial charge on any atom is 0.315 e. The first-order chi connectivity index (χ1) is 10.9. The third kappa shape index (κ3) is 5.23. The molecular formula is C17H26N2O3S. The van der Waals surface area contributed by atoms with E-state index in [0.29, 0.717) is 18.9 Å². The molecule has 23 heavy (non-hydrogen) atoms. The number of nitrogens with one attached hydrogen (secondary N) is 2. The number of carbonyl (C=O) groups is 1. The Labute approximate surface area is 140 Å². The lowest BCUT2D eigenvalue weighted by molar-refractivity contribution is 0.237. The fourth-order valence-electron chi connectivity index (χ4n) is 2.45. The molecule has 2 N–H and O–H groups in total. The molecule has 0 radical (unpaired) electrons. The van der Waals surface area contributed by atoms with Gasteiger partial charge in [-0.15, -0.1) is 0 Å². The van der Waals surface area contributed by atoms with Crippen molar-refractivity contribution in [3.8, 4) is 5.75 Å². The Balaban J connectivity index is 1.87. The average Bonchev–Trinajstić information content (AvgIpc) is 2.69. The third-order valence-electron chi connectivity index (χ3n) is 3.75. The van der Waals surface area contributed by atoms with Crippen LogP contribution in [0.5, 0.6) is 5.75 Å². The molecule has 128 valence electrons. The lowest BCUT2D eigenvalue weighted by atomic mass is 10.0. The lowest BCUT2D eigenvalue weighted by Gasteiger charge is -2.20. The van der Waals surface area contributed by atoms with Gasteiger partial charge in [-0.2, -0.15) is 0 Å². The Hall–Kier alpha value is -1.56. The van der Waals surface area contributed by atoms with Gasteiger partial charge in [-0.3, -0.25) is 4.21 Å². The van der Waals surface area contributed by atoms with Crippen molar-refractivity contribution in [1.82, 2.24) is 10.6 Å². The Morgan fingerprint density at radius 3 is 2.83 bits per heavy atom. The predicted molar refractivity (Wildman–Crippen MR) is 93.2 cm³/mol. The Morgan fingerprint density at radius 1 is 1.35 bits per heavy atom. The first kappa shape index (κ1) is 17.8. The highest BCUT2D eigenvalue weighted by molar-refractivity contribution is 7.86. The van der Waals surface area contributed by atoms with Crippen molar-refractivity contribution in [1.29, 1.82) is 0 Å². The van der Waals surface area contributed by atoms with E-state index in [1.807, 2.05) is 45.0 Å². The summed E-state index contributed by atoms with van der Waals surface area (Å²) in [5.74, 6) is 1.30. The largest absolute Gasteiger partial charge is 0.493 e. The molecule has 0 aromatic heterocycles. The zero-order valence-corrected chi connectivity index (χ0v) is 14.9. The number of carbonyl (C=O) groups excluding carboxylic acids is 1. The quantitative estimate of drug-likeness (QED) is 0.887. The number of fused-ring (bicyclic) bond motifs is 1. The minimum absolute atomic E-state index is 0.0539. The van der Waals surface area contributed by atoms with Gasteiger partial charge in [0.15, 0.2) is 0 Å². The maximum atomic E-state index is 12.1. The van der Waals surface area contributed by atoms with Crippen LogP contribution in [-0.4, -0.2) is 33.9 Å². The average molecular weight is 338 g/mol. The van der Waals surface area contributed by atoms with Crippen LogP contribution in [0.15, 0.2) is 24.3 Å². The molecule has 6 heteroatoms. The number of urea groups is 1. The van der Waals surface area contributed by atoms with Crippen molar-refractivity contribution in [2.24, 2.45) is 0 Å². The van der Waals surface area contributed by atoms with Crippen molar-refractivity contribution >= 4 is 16.8 Å². The Bertz CT molecular complexity index is 569. The van der Waals surface area contributed by atoms with E-state index in [4.69, 9.17) is 4.74 Å². The second-order valence-corrected chi connectivity index (χ2v) is 8.97. The minimum Gasteiger partial charge on any atom is -0.493 e. The van der Waals surface area contributed by atoms with Gasteiger partial charge in [-0.05, 0) is 39.7 Å². The second-order valence-electron chi connectivity index (χ2n) is 6.64. The van der Waals surface area contributed by atoms with Crippen molar-refractivity contribution in [2.45, 2.75) is 44.4 Å². The smallest absolute Gasteiger partial charge is 0.315 e. The molecule has 0 spiro atoms. The minimum atomic E-state index is -0.962. The van der Waals surface area contributed by atoms with E-state index < -0.39 is 10.8 Å². The fraction of sp³-hybridized carbons (Fsp3) is 0.588. The van der Waals surface area contributed by atoms with Crippen LogP contribution in [-0.2, 0) is 10.8 Å². The first-order valence-electron chi connectivity index (χ1n) is 8.02. The van der Waals surface area contributed by atoms with Gasteiger partial charge in [0.05, 0.1) is 12.6 Å². The molecule has 0 saturated carbocycles. The molecule has 1 aliphatic rings. The number of amides is 2. The SMILES string of the molecule is CC(C)(C)S(=O)CCNC(=O)NC1CCCOc2ccccc21. The molecule has 2 atom stereocenters. The monoisotopic (exact) mass is 338 g/mol. The van der Waals surface area contributed by atoms with E-state index in [9.17, 15) is 9.00 Å². The van der Waals surface area contributed by atoms with E-state index >= 15 is 0 Å². The molecule has 2 rings (SSSR count). The van der Waals surface area contributed by atoms with Gasteiger partial charge >= 0.3 is 6.03 Å². The summed E-state index contributed by atoms with van der Waals surface area (Å²) < 4.78 is 17.4. The number of para-hydroxylation sites is 1. The molecule has 0 aliphatic carbocycles. The number of benzene rings is 1. The van der Waals surface area contributed by atoms with Crippen molar-refractivity contribution in [3.63, 3.8) is 0 Å². The number of hydrogen-bond acceptors (Lipinski definition) is 3. The molecular weight excluding hydrogens is 312 g/mol. The molecule has 2 unspecified atom stereocenters. The van der Waals surface area contributed by atoms with Crippen LogP contribution in [0.2, 0.25) is 0 Å². The zero-order valence-electron chi connectivity index (χ0n) is 14.1. The molecule has 0 saturated heterocycles. The van der Waals surface area contributed by atoms with Crippen LogP contribution in [0.25, 0.3) is 0 Å². The van der Waals surface area contributed by atoms with Gasteiger partial charge in [-0.1, -0.05) is 18.2 Å². The van der Waals surface area contributed by atoms with E-state index in [-0.39, 0.29) is 16.8 Å². The summed E-state index contributed by atoms with van der Waals surface area (Å²) in [7, 11) is -0.962. The summed E-state index contributed by atoms with van der Waals surface area (Å²) in [6.07, 6.45) is 1.74. The molecule has 1 aliphatic heterocycles. The van der Waals surface area contributed by atoms with Gasteiger partial charge in [0, 0.05) is 33.4 Å². The summed E-state index contributed by atoms with van der Waals surface area (Å²) >= 11 is 0. The summed E-state index contributed by atoms with van der Waals surface area (Å²) in [5, 5.41) is 5.80. The Morgan fingerprint density at radius 2 is 2.09 bits per heavy atom. The van der Waals surface area contributed by atoms with Gasteiger partial charge in [0.1, 0.15) is 5.75 Å². The van der Waals surface area contributed by atoms with Crippen LogP contribution in [0, 0.1) is 0 Å². The fourth-order valence-corrected chi connectivity index (χ4v) is 3.35. The summed E-state index contributed by atoms with van der Waals surface area (Å²) in [6, 6.07) is 7.52. The molecule has 5 nitrogen and oxygen atoms in total. The zero-order chi connectivity index (χ0) is 16.9. The van der Waals surface area contributed by atoms with Crippen molar-refractivity contribution < 1.29 is 13.7 Å². The second kappa shape index (κ2) is 7.81. The van der Waals surface area contributed by atoms with Crippen LogP contribution < -0.4 is 15.4 Å². The standard InChI is InChI=1S/C17H26N2O3S/c1-17(2,3)23(21)12-10-18-16(20)19-14-8-6-11-22-15-9-5-4-7-13(14)15/h4-5,7,9,14H,6,8,10-12H2,1-3H3,(H2,18,19,20). The summed E-state index contributed by atoms with van der Waals surface area (Å²) in [5.41, 5.74) is 1.01. The van der Waals surface area contributed by atoms with Crippen molar-refractivity contribution in [3.05, 3.63) is 29.8 Å². The van der Waals surface area contributed by atoms with Crippen LogP contribution in [0.1, 0.15) is 45.2 Å². The molecule has 0 bridgehead atoms. The van der Waals surface area contributed by atoms with E-state index in [2.05, 4.69) is 10.6 Å². The number of ether oxygens (including phenoxy) is 1. The van der Waals surface area contributed by atoms with Gasteiger partial charge in [-0.25, -0.2) is 4.79 Å². The van der Waals surface area contributed by atoms with Gasteiger partial charge < -0.3 is 15.4 Å². The maximum absolute atomic E-state index is 12.1.